The van der Waals surface area contributed by atoms with Crippen LogP contribution in [0, 0.1) is 6.92 Å². The van der Waals surface area contributed by atoms with Gasteiger partial charge in [-0.25, -0.2) is 4.79 Å². The lowest BCUT2D eigenvalue weighted by Gasteiger charge is -2.07. The van der Waals surface area contributed by atoms with E-state index >= 15 is 0 Å². The minimum absolute atomic E-state index is 0.124. The van der Waals surface area contributed by atoms with Crippen LogP contribution in [0.1, 0.15) is 78.5 Å². The molecule has 0 aromatic carbocycles. The van der Waals surface area contributed by atoms with Gasteiger partial charge in [0.05, 0.1) is 17.0 Å². The number of carbonyl (C=O) groups is 3. The number of ether oxygens (including phenoxy) is 1. The van der Waals surface area contributed by atoms with E-state index in [0.29, 0.717) is 27.4 Å². The van der Waals surface area contributed by atoms with E-state index in [0.717, 1.165) is 37.0 Å². The molecule has 128 valence electrons. The Kier molecular flexibility index (Phi) is 7.95. The van der Waals surface area contributed by atoms with Crippen LogP contribution in [0.15, 0.2) is 0 Å². The Morgan fingerprint density at radius 3 is 2.39 bits per heavy atom. The average Bonchev–Trinajstić information content (AvgIpc) is 2.80. The molecule has 0 aliphatic carbocycles. The second kappa shape index (κ2) is 9.45. The number of Topliss-reactive ketones (excluding diaryl/α,β-unsaturated/α-hetero) is 1. The lowest BCUT2D eigenvalue weighted by atomic mass is 10.1. The number of hydrogen-bond acceptors (Lipinski definition) is 5. The van der Waals surface area contributed by atoms with Gasteiger partial charge in [0.2, 0.25) is 5.91 Å². The predicted octanol–water partition coefficient (Wildman–Crippen LogP) is 4.34. The van der Waals surface area contributed by atoms with Crippen LogP contribution < -0.4 is 5.32 Å². The number of rotatable bonds is 9. The maximum absolute atomic E-state index is 12.1. The van der Waals surface area contributed by atoms with Crippen molar-refractivity contribution >= 4 is 34.0 Å². The molecular formula is C17H25NO4S. The van der Waals surface area contributed by atoms with Crippen molar-refractivity contribution in [1.29, 1.82) is 0 Å². The number of carbonyl (C=O) groups excluding carboxylic acids is 3. The molecule has 1 aromatic rings. The Labute approximate surface area is 141 Å². The fourth-order valence-electron chi connectivity index (χ4n) is 2.29. The lowest BCUT2D eigenvalue weighted by Crippen LogP contribution is -2.14. The maximum atomic E-state index is 12.1. The summed E-state index contributed by atoms with van der Waals surface area (Å²) in [6.45, 7) is 7.23. The van der Waals surface area contributed by atoms with Gasteiger partial charge in [0, 0.05) is 6.42 Å². The standard InChI is InChI=1S/C17H25NO4S/c1-5-7-8-9-10-13(20)18-16-14(17(21)22-6-2)11(3)15(23-16)12(4)19/h5-10H2,1-4H3,(H,18,20). The van der Waals surface area contributed by atoms with Gasteiger partial charge in [-0.15, -0.1) is 11.3 Å². The van der Waals surface area contributed by atoms with Crippen molar-refractivity contribution in [1.82, 2.24) is 0 Å². The summed E-state index contributed by atoms with van der Waals surface area (Å²) in [5.41, 5.74) is 0.867. The predicted molar refractivity (Wildman–Crippen MR) is 92.4 cm³/mol. The third kappa shape index (κ3) is 5.46. The molecule has 6 heteroatoms. The molecule has 0 atom stereocenters. The van der Waals surface area contributed by atoms with Gasteiger partial charge in [0.25, 0.3) is 0 Å². The number of esters is 1. The molecule has 1 aromatic heterocycles. The lowest BCUT2D eigenvalue weighted by molar-refractivity contribution is -0.116. The molecule has 0 unspecified atom stereocenters. The number of anilines is 1. The van der Waals surface area contributed by atoms with Gasteiger partial charge >= 0.3 is 5.97 Å². The number of thiophene rings is 1. The van der Waals surface area contributed by atoms with E-state index in [4.69, 9.17) is 4.74 Å². The van der Waals surface area contributed by atoms with E-state index in [2.05, 4.69) is 12.2 Å². The van der Waals surface area contributed by atoms with E-state index < -0.39 is 5.97 Å². The topological polar surface area (TPSA) is 72.5 Å². The fraction of sp³-hybridized carbons (Fsp3) is 0.588. The molecule has 1 heterocycles. The largest absolute Gasteiger partial charge is 0.462 e. The zero-order valence-electron chi connectivity index (χ0n) is 14.3. The highest BCUT2D eigenvalue weighted by Crippen LogP contribution is 2.34. The first-order valence-corrected chi connectivity index (χ1v) is 8.85. The zero-order chi connectivity index (χ0) is 17.4. The molecule has 0 bridgehead atoms. The molecule has 0 fully saturated rings. The van der Waals surface area contributed by atoms with Crippen LogP contribution >= 0.6 is 11.3 Å². The Bertz CT molecular complexity index is 577. The summed E-state index contributed by atoms with van der Waals surface area (Å²) in [5.74, 6) is -0.764. The molecule has 5 nitrogen and oxygen atoms in total. The van der Waals surface area contributed by atoms with Crippen molar-refractivity contribution in [3.63, 3.8) is 0 Å². The molecular weight excluding hydrogens is 314 g/mol. The summed E-state index contributed by atoms with van der Waals surface area (Å²) >= 11 is 1.14. The van der Waals surface area contributed by atoms with Gasteiger partial charge in [0.1, 0.15) is 5.00 Å². The summed E-state index contributed by atoms with van der Waals surface area (Å²) in [4.78, 5) is 36.4. The zero-order valence-corrected chi connectivity index (χ0v) is 15.1. The normalized spacial score (nSPS) is 10.4. The molecule has 0 aliphatic heterocycles. The summed E-state index contributed by atoms with van der Waals surface area (Å²) in [6.07, 6.45) is 4.46. The summed E-state index contributed by atoms with van der Waals surface area (Å²) < 4.78 is 5.04. The van der Waals surface area contributed by atoms with Crippen LogP contribution in [0.25, 0.3) is 0 Å². The second-order valence-electron chi connectivity index (χ2n) is 5.40. The highest BCUT2D eigenvalue weighted by molar-refractivity contribution is 7.18. The van der Waals surface area contributed by atoms with Crippen molar-refractivity contribution in [2.24, 2.45) is 0 Å². The highest BCUT2D eigenvalue weighted by Gasteiger charge is 2.25. The molecule has 0 spiro atoms. The smallest absolute Gasteiger partial charge is 0.341 e. The van der Waals surface area contributed by atoms with Gasteiger partial charge in [-0.05, 0) is 32.8 Å². The van der Waals surface area contributed by atoms with Crippen molar-refractivity contribution in [2.45, 2.75) is 59.8 Å². The van der Waals surface area contributed by atoms with Gasteiger partial charge in [-0.3, -0.25) is 9.59 Å². The van der Waals surface area contributed by atoms with Gasteiger partial charge in [-0.1, -0.05) is 26.2 Å². The van der Waals surface area contributed by atoms with Crippen molar-refractivity contribution in [3.8, 4) is 0 Å². The Morgan fingerprint density at radius 2 is 1.83 bits per heavy atom. The SMILES string of the molecule is CCCCCCC(=O)Nc1sc(C(C)=O)c(C)c1C(=O)OCC. The number of hydrogen-bond donors (Lipinski definition) is 1. The van der Waals surface area contributed by atoms with Crippen LogP contribution in [0.5, 0.6) is 0 Å². The third-order valence-corrected chi connectivity index (χ3v) is 4.76. The quantitative estimate of drug-likeness (QED) is 0.412. The number of nitrogens with one attached hydrogen (secondary N) is 1. The van der Waals surface area contributed by atoms with Crippen LogP contribution in [0.2, 0.25) is 0 Å². The molecule has 1 amide bonds. The Balaban J connectivity index is 2.91. The summed E-state index contributed by atoms with van der Waals surface area (Å²) in [6, 6.07) is 0. The second-order valence-corrected chi connectivity index (χ2v) is 6.42. The average molecular weight is 339 g/mol. The molecule has 0 aliphatic rings. The van der Waals surface area contributed by atoms with Crippen molar-refractivity contribution < 1.29 is 19.1 Å². The first-order chi connectivity index (χ1) is 10.9. The molecule has 1 N–H and O–H groups in total. The maximum Gasteiger partial charge on any atom is 0.341 e. The first kappa shape index (κ1) is 19.4. The monoisotopic (exact) mass is 339 g/mol. The van der Waals surface area contributed by atoms with E-state index in [1.54, 1.807) is 13.8 Å². The van der Waals surface area contributed by atoms with E-state index in [1.807, 2.05) is 0 Å². The number of amides is 1. The molecule has 0 saturated carbocycles. The van der Waals surface area contributed by atoms with Crippen LogP contribution in [-0.4, -0.2) is 24.3 Å². The number of unbranched alkanes of at least 4 members (excludes halogenated alkanes) is 3. The van der Waals surface area contributed by atoms with Crippen molar-refractivity contribution in [2.75, 3.05) is 11.9 Å². The van der Waals surface area contributed by atoms with E-state index in [1.165, 1.54) is 6.92 Å². The molecule has 0 radical (unpaired) electrons. The van der Waals surface area contributed by atoms with E-state index in [9.17, 15) is 14.4 Å². The fourth-order valence-corrected chi connectivity index (χ4v) is 3.39. The highest BCUT2D eigenvalue weighted by atomic mass is 32.1. The summed E-state index contributed by atoms with van der Waals surface area (Å²) in [5, 5.41) is 3.18. The van der Waals surface area contributed by atoms with Gasteiger partial charge < -0.3 is 10.1 Å². The molecule has 23 heavy (non-hydrogen) atoms. The Morgan fingerprint density at radius 1 is 1.13 bits per heavy atom. The third-order valence-electron chi connectivity index (χ3n) is 3.46. The van der Waals surface area contributed by atoms with Gasteiger partial charge in [0.15, 0.2) is 5.78 Å². The van der Waals surface area contributed by atoms with Crippen LogP contribution in [-0.2, 0) is 9.53 Å². The first-order valence-electron chi connectivity index (χ1n) is 8.03. The van der Waals surface area contributed by atoms with Gasteiger partial charge in [-0.2, -0.15) is 0 Å². The Hall–Kier alpha value is -1.69. The minimum Gasteiger partial charge on any atom is -0.462 e. The number of ketones is 1. The van der Waals surface area contributed by atoms with Crippen molar-refractivity contribution in [3.05, 3.63) is 16.0 Å². The van der Waals surface area contributed by atoms with Crippen LogP contribution in [0.3, 0.4) is 0 Å². The minimum atomic E-state index is -0.505. The molecule has 1 rings (SSSR count). The van der Waals surface area contributed by atoms with Crippen LogP contribution in [0.4, 0.5) is 5.00 Å². The summed E-state index contributed by atoms with van der Waals surface area (Å²) in [7, 11) is 0. The molecule has 0 saturated heterocycles. The van der Waals surface area contributed by atoms with E-state index in [-0.39, 0.29) is 18.3 Å².